The molecule has 2 aromatic carbocycles. The first-order valence-corrected chi connectivity index (χ1v) is 7.48. The average Bonchev–Trinajstić information content (AvgIpc) is 2.54. The summed E-state index contributed by atoms with van der Waals surface area (Å²) >= 11 is 0. The van der Waals surface area contributed by atoms with Crippen molar-refractivity contribution in [3.05, 3.63) is 54.1 Å². The van der Waals surface area contributed by atoms with Crippen LogP contribution in [0.4, 0.5) is 10.5 Å². The average molecular weight is 328 g/mol. The van der Waals surface area contributed by atoms with E-state index in [0.29, 0.717) is 11.4 Å². The molecule has 2 aromatic rings. The number of anilines is 1. The molecule has 1 unspecified atom stereocenters. The van der Waals surface area contributed by atoms with E-state index in [0.717, 1.165) is 11.3 Å². The SMILES string of the molecule is COc1ccc(C(C)NC(=O)Nc2cccc(OC(C)=O)c2)cc1. The molecule has 6 nitrogen and oxygen atoms in total. The molecule has 0 bridgehead atoms. The van der Waals surface area contributed by atoms with Crippen LogP contribution in [0.1, 0.15) is 25.5 Å². The molecular weight excluding hydrogens is 308 g/mol. The van der Waals surface area contributed by atoms with E-state index in [2.05, 4.69) is 10.6 Å². The third-order valence-corrected chi connectivity index (χ3v) is 3.32. The zero-order chi connectivity index (χ0) is 17.5. The van der Waals surface area contributed by atoms with Gasteiger partial charge in [0.15, 0.2) is 0 Å². The van der Waals surface area contributed by atoms with Gasteiger partial charge >= 0.3 is 12.0 Å². The maximum Gasteiger partial charge on any atom is 0.319 e. The maximum atomic E-state index is 12.1. The Morgan fingerprint density at radius 1 is 1.04 bits per heavy atom. The molecule has 1 atom stereocenters. The van der Waals surface area contributed by atoms with Crippen molar-refractivity contribution in [1.29, 1.82) is 0 Å². The molecule has 2 amide bonds. The van der Waals surface area contributed by atoms with Gasteiger partial charge in [-0.25, -0.2) is 4.79 Å². The summed E-state index contributed by atoms with van der Waals surface area (Å²) in [5.41, 5.74) is 1.49. The van der Waals surface area contributed by atoms with Gasteiger partial charge in [0.2, 0.25) is 0 Å². The third-order valence-electron chi connectivity index (χ3n) is 3.32. The second-order valence-corrected chi connectivity index (χ2v) is 5.21. The molecular formula is C18H20N2O4. The number of amides is 2. The molecule has 0 fully saturated rings. The molecule has 0 spiro atoms. The van der Waals surface area contributed by atoms with Gasteiger partial charge in [-0.15, -0.1) is 0 Å². The highest BCUT2D eigenvalue weighted by atomic mass is 16.5. The predicted molar refractivity (Wildman–Crippen MR) is 91.3 cm³/mol. The number of carbonyl (C=O) groups excluding carboxylic acids is 2. The van der Waals surface area contributed by atoms with Gasteiger partial charge in [0.05, 0.1) is 13.2 Å². The van der Waals surface area contributed by atoms with E-state index in [-0.39, 0.29) is 12.1 Å². The van der Waals surface area contributed by atoms with Crippen LogP contribution in [-0.4, -0.2) is 19.1 Å². The summed E-state index contributed by atoms with van der Waals surface area (Å²) in [5.74, 6) is 0.728. The quantitative estimate of drug-likeness (QED) is 0.650. The highest BCUT2D eigenvalue weighted by Gasteiger charge is 2.10. The lowest BCUT2D eigenvalue weighted by atomic mass is 10.1. The van der Waals surface area contributed by atoms with Gasteiger partial charge in [-0.3, -0.25) is 4.79 Å². The number of nitrogens with one attached hydrogen (secondary N) is 2. The van der Waals surface area contributed by atoms with E-state index in [1.54, 1.807) is 31.4 Å². The summed E-state index contributed by atoms with van der Waals surface area (Å²) in [6, 6.07) is 13.6. The summed E-state index contributed by atoms with van der Waals surface area (Å²) in [4.78, 5) is 23.1. The minimum absolute atomic E-state index is 0.174. The first kappa shape index (κ1) is 17.3. The summed E-state index contributed by atoms with van der Waals surface area (Å²) in [6.07, 6.45) is 0. The fraction of sp³-hybridized carbons (Fsp3) is 0.222. The van der Waals surface area contributed by atoms with Crippen molar-refractivity contribution < 1.29 is 19.1 Å². The number of benzene rings is 2. The van der Waals surface area contributed by atoms with Crippen LogP contribution >= 0.6 is 0 Å². The Kier molecular flexibility index (Phi) is 5.78. The number of rotatable bonds is 5. The highest BCUT2D eigenvalue weighted by Crippen LogP contribution is 2.19. The first-order chi connectivity index (χ1) is 11.5. The fourth-order valence-corrected chi connectivity index (χ4v) is 2.14. The van der Waals surface area contributed by atoms with Crippen LogP contribution in [-0.2, 0) is 4.79 Å². The molecule has 126 valence electrons. The van der Waals surface area contributed by atoms with Crippen LogP contribution in [0.15, 0.2) is 48.5 Å². The number of methoxy groups -OCH3 is 1. The van der Waals surface area contributed by atoms with Crippen molar-refractivity contribution in [1.82, 2.24) is 5.32 Å². The molecule has 2 rings (SSSR count). The van der Waals surface area contributed by atoms with Gasteiger partial charge in [0.1, 0.15) is 11.5 Å². The van der Waals surface area contributed by atoms with Crippen LogP contribution in [0.2, 0.25) is 0 Å². The number of esters is 1. The summed E-state index contributed by atoms with van der Waals surface area (Å²) in [7, 11) is 1.61. The molecule has 0 saturated carbocycles. The van der Waals surface area contributed by atoms with Crippen molar-refractivity contribution in [2.75, 3.05) is 12.4 Å². The highest BCUT2D eigenvalue weighted by molar-refractivity contribution is 5.89. The lowest BCUT2D eigenvalue weighted by Crippen LogP contribution is -2.31. The molecule has 0 aliphatic carbocycles. The predicted octanol–water partition coefficient (Wildman–Crippen LogP) is 3.50. The smallest absolute Gasteiger partial charge is 0.319 e. The fourth-order valence-electron chi connectivity index (χ4n) is 2.14. The zero-order valence-corrected chi connectivity index (χ0v) is 13.8. The molecule has 0 aliphatic heterocycles. The summed E-state index contributed by atoms with van der Waals surface area (Å²) < 4.78 is 10.1. The second-order valence-electron chi connectivity index (χ2n) is 5.21. The number of urea groups is 1. The number of hydrogen-bond acceptors (Lipinski definition) is 4. The second kappa shape index (κ2) is 8.01. The van der Waals surface area contributed by atoms with E-state index in [4.69, 9.17) is 9.47 Å². The van der Waals surface area contributed by atoms with Crippen molar-refractivity contribution in [3.63, 3.8) is 0 Å². The first-order valence-electron chi connectivity index (χ1n) is 7.48. The Hall–Kier alpha value is -3.02. The Labute approximate surface area is 140 Å². The molecule has 6 heteroatoms. The minimum atomic E-state index is -0.412. The largest absolute Gasteiger partial charge is 0.497 e. The topological polar surface area (TPSA) is 76.7 Å². The van der Waals surface area contributed by atoms with Crippen LogP contribution < -0.4 is 20.1 Å². The Morgan fingerprint density at radius 3 is 2.38 bits per heavy atom. The minimum Gasteiger partial charge on any atom is -0.497 e. The van der Waals surface area contributed by atoms with Crippen LogP contribution in [0.3, 0.4) is 0 Å². The van der Waals surface area contributed by atoms with Gasteiger partial charge < -0.3 is 20.1 Å². The molecule has 0 radical (unpaired) electrons. The lowest BCUT2D eigenvalue weighted by Gasteiger charge is -2.15. The molecule has 24 heavy (non-hydrogen) atoms. The van der Waals surface area contributed by atoms with Gasteiger partial charge in [-0.2, -0.15) is 0 Å². The van der Waals surface area contributed by atoms with Gasteiger partial charge in [-0.1, -0.05) is 18.2 Å². The summed E-state index contributed by atoms with van der Waals surface area (Å²) in [6.45, 7) is 3.21. The molecule has 0 aromatic heterocycles. The normalized spacial score (nSPS) is 11.3. The number of ether oxygens (including phenoxy) is 2. The van der Waals surface area contributed by atoms with Crippen molar-refractivity contribution in [3.8, 4) is 11.5 Å². The Morgan fingerprint density at radius 2 is 1.75 bits per heavy atom. The van der Waals surface area contributed by atoms with E-state index in [1.807, 2.05) is 31.2 Å². The Balaban J connectivity index is 1.95. The molecule has 0 aliphatic rings. The molecule has 0 saturated heterocycles. The maximum absolute atomic E-state index is 12.1. The lowest BCUT2D eigenvalue weighted by molar-refractivity contribution is -0.131. The van der Waals surface area contributed by atoms with Crippen molar-refractivity contribution in [2.45, 2.75) is 19.9 Å². The Bertz CT molecular complexity index is 713. The van der Waals surface area contributed by atoms with Gasteiger partial charge in [-0.05, 0) is 36.8 Å². The van der Waals surface area contributed by atoms with Crippen LogP contribution in [0.5, 0.6) is 11.5 Å². The van der Waals surface area contributed by atoms with Crippen LogP contribution in [0.25, 0.3) is 0 Å². The van der Waals surface area contributed by atoms with E-state index in [9.17, 15) is 9.59 Å². The molecule has 0 heterocycles. The standard InChI is InChI=1S/C18H20N2O4/c1-12(14-7-9-16(23-3)10-8-14)19-18(22)20-15-5-4-6-17(11-15)24-13(2)21/h4-12H,1-3H3,(H2,19,20,22). The van der Waals surface area contributed by atoms with Gasteiger partial charge in [0.25, 0.3) is 0 Å². The summed E-state index contributed by atoms with van der Waals surface area (Å²) in [5, 5.41) is 5.56. The van der Waals surface area contributed by atoms with Crippen molar-refractivity contribution >= 4 is 17.7 Å². The molecule has 2 N–H and O–H groups in total. The van der Waals surface area contributed by atoms with E-state index in [1.165, 1.54) is 6.92 Å². The zero-order valence-electron chi connectivity index (χ0n) is 13.8. The van der Waals surface area contributed by atoms with Crippen molar-refractivity contribution in [2.24, 2.45) is 0 Å². The third kappa shape index (κ3) is 5.01. The van der Waals surface area contributed by atoms with Gasteiger partial charge in [0, 0.05) is 18.7 Å². The van der Waals surface area contributed by atoms with Crippen LogP contribution in [0, 0.1) is 0 Å². The van der Waals surface area contributed by atoms with E-state index >= 15 is 0 Å². The van der Waals surface area contributed by atoms with E-state index < -0.39 is 5.97 Å². The monoisotopic (exact) mass is 328 g/mol. The number of carbonyl (C=O) groups is 2. The number of hydrogen-bond donors (Lipinski definition) is 2.